The normalized spacial score (nSPS) is 12.4. The predicted molar refractivity (Wildman–Crippen MR) is 64.4 cm³/mol. The lowest BCUT2D eigenvalue weighted by Gasteiger charge is -2.11. The van der Waals surface area contributed by atoms with Gasteiger partial charge < -0.3 is 5.73 Å². The standard InChI is InChI=1S/C12H11BrN2/c13-11-7-6-10(8-15-11)12(14)9-4-2-1-3-5-9/h1-8,12H,14H2/t12-/m1/s1. The molecule has 2 rings (SSSR count). The van der Waals surface area contributed by atoms with E-state index in [1.807, 2.05) is 42.5 Å². The van der Waals surface area contributed by atoms with Gasteiger partial charge in [-0.15, -0.1) is 0 Å². The molecule has 1 aromatic carbocycles. The minimum atomic E-state index is -0.105. The lowest BCUT2D eigenvalue weighted by Crippen LogP contribution is -2.11. The van der Waals surface area contributed by atoms with Crippen molar-refractivity contribution in [1.82, 2.24) is 4.98 Å². The summed E-state index contributed by atoms with van der Waals surface area (Å²) in [6.45, 7) is 0. The van der Waals surface area contributed by atoms with Crippen molar-refractivity contribution in [2.45, 2.75) is 6.04 Å². The molecule has 0 saturated carbocycles. The number of benzene rings is 1. The lowest BCUT2D eigenvalue weighted by molar-refractivity contribution is 0.862. The predicted octanol–water partition coefficient (Wildman–Crippen LogP) is 2.89. The van der Waals surface area contributed by atoms with Gasteiger partial charge in [0.1, 0.15) is 4.60 Å². The molecule has 0 bridgehead atoms. The Bertz CT molecular complexity index is 425. The summed E-state index contributed by atoms with van der Waals surface area (Å²) < 4.78 is 0.825. The van der Waals surface area contributed by atoms with E-state index in [1.165, 1.54) is 0 Å². The number of nitrogens with zero attached hydrogens (tertiary/aromatic N) is 1. The summed E-state index contributed by atoms with van der Waals surface area (Å²) in [4.78, 5) is 4.16. The number of pyridine rings is 1. The van der Waals surface area contributed by atoms with E-state index in [0.29, 0.717) is 0 Å². The van der Waals surface area contributed by atoms with Gasteiger partial charge >= 0.3 is 0 Å². The van der Waals surface area contributed by atoms with Crippen LogP contribution in [0.2, 0.25) is 0 Å². The molecule has 76 valence electrons. The third kappa shape index (κ3) is 2.43. The highest BCUT2D eigenvalue weighted by atomic mass is 79.9. The second-order valence-corrected chi connectivity index (χ2v) is 4.12. The van der Waals surface area contributed by atoms with Crippen molar-refractivity contribution in [3.05, 3.63) is 64.4 Å². The van der Waals surface area contributed by atoms with Gasteiger partial charge in [-0.3, -0.25) is 0 Å². The van der Waals surface area contributed by atoms with Crippen molar-refractivity contribution in [3.8, 4) is 0 Å². The van der Waals surface area contributed by atoms with Crippen LogP contribution in [-0.2, 0) is 0 Å². The average Bonchev–Trinajstić information content (AvgIpc) is 2.30. The van der Waals surface area contributed by atoms with Crippen LogP contribution in [0.5, 0.6) is 0 Å². The van der Waals surface area contributed by atoms with E-state index in [1.54, 1.807) is 6.20 Å². The maximum Gasteiger partial charge on any atom is 0.106 e. The van der Waals surface area contributed by atoms with Gasteiger partial charge in [-0.25, -0.2) is 4.98 Å². The molecule has 0 radical (unpaired) electrons. The van der Waals surface area contributed by atoms with Crippen LogP contribution in [0.4, 0.5) is 0 Å². The quantitative estimate of drug-likeness (QED) is 0.846. The maximum absolute atomic E-state index is 6.11. The first-order valence-corrected chi connectivity index (χ1v) is 5.48. The highest BCUT2D eigenvalue weighted by Crippen LogP contribution is 2.19. The van der Waals surface area contributed by atoms with Crippen LogP contribution in [0, 0.1) is 0 Å². The van der Waals surface area contributed by atoms with Gasteiger partial charge in [0.05, 0.1) is 6.04 Å². The van der Waals surface area contributed by atoms with Gasteiger partial charge in [-0.05, 0) is 33.1 Å². The minimum absolute atomic E-state index is 0.105. The largest absolute Gasteiger partial charge is 0.320 e. The fourth-order valence-corrected chi connectivity index (χ4v) is 1.66. The van der Waals surface area contributed by atoms with Crippen LogP contribution in [0.1, 0.15) is 17.2 Å². The topological polar surface area (TPSA) is 38.9 Å². The summed E-state index contributed by atoms with van der Waals surface area (Å²) in [5, 5.41) is 0. The number of nitrogens with two attached hydrogens (primary N) is 1. The van der Waals surface area contributed by atoms with E-state index in [2.05, 4.69) is 20.9 Å². The zero-order valence-electron chi connectivity index (χ0n) is 8.10. The summed E-state index contributed by atoms with van der Waals surface area (Å²) in [5.74, 6) is 0. The highest BCUT2D eigenvalue weighted by molar-refractivity contribution is 9.10. The molecular formula is C12H11BrN2. The lowest BCUT2D eigenvalue weighted by atomic mass is 10.0. The molecule has 2 aromatic rings. The van der Waals surface area contributed by atoms with Crippen LogP contribution in [0.3, 0.4) is 0 Å². The van der Waals surface area contributed by atoms with Gasteiger partial charge in [0.25, 0.3) is 0 Å². The van der Waals surface area contributed by atoms with E-state index in [-0.39, 0.29) is 6.04 Å². The second-order valence-electron chi connectivity index (χ2n) is 3.30. The molecule has 1 atom stereocenters. The number of halogens is 1. The Morgan fingerprint density at radius 2 is 1.73 bits per heavy atom. The van der Waals surface area contributed by atoms with Crippen molar-refractivity contribution in [2.24, 2.45) is 5.73 Å². The number of hydrogen-bond acceptors (Lipinski definition) is 2. The monoisotopic (exact) mass is 262 g/mol. The molecule has 0 aliphatic carbocycles. The van der Waals surface area contributed by atoms with Crippen LogP contribution >= 0.6 is 15.9 Å². The molecule has 15 heavy (non-hydrogen) atoms. The first-order chi connectivity index (χ1) is 7.27. The van der Waals surface area contributed by atoms with Crippen molar-refractivity contribution in [3.63, 3.8) is 0 Å². The summed E-state index contributed by atoms with van der Waals surface area (Å²) in [6.07, 6.45) is 1.79. The third-order valence-corrected chi connectivity index (χ3v) is 2.74. The molecule has 2 N–H and O–H groups in total. The van der Waals surface area contributed by atoms with Crippen molar-refractivity contribution in [2.75, 3.05) is 0 Å². The Kier molecular flexibility index (Phi) is 3.14. The van der Waals surface area contributed by atoms with Gasteiger partial charge in [-0.2, -0.15) is 0 Å². The molecule has 0 amide bonds. The Morgan fingerprint density at radius 3 is 2.33 bits per heavy atom. The van der Waals surface area contributed by atoms with Crippen LogP contribution in [0.25, 0.3) is 0 Å². The van der Waals surface area contributed by atoms with Gasteiger partial charge in [0, 0.05) is 6.20 Å². The van der Waals surface area contributed by atoms with E-state index in [9.17, 15) is 0 Å². The second kappa shape index (κ2) is 4.55. The molecular weight excluding hydrogens is 252 g/mol. The number of hydrogen-bond donors (Lipinski definition) is 1. The Hall–Kier alpha value is -1.19. The minimum Gasteiger partial charge on any atom is -0.320 e. The molecule has 2 nitrogen and oxygen atoms in total. The first kappa shape index (κ1) is 10.3. The van der Waals surface area contributed by atoms with Gasteiger partial charge in [0.2, 0.25) is 0 Å². The highest BCUT2D eigenvalue weighted by Gasteiger charge is 2.07. The van der Waals surface area contributed by atoms with Crippen LogP contribution in [-0.4, -0.2) is 4.98 Å². The average molecular weight is 263 g/mol. The molecule has 1 aromatic heterocycles. The molecule has 1 heterocycles. The van der Waals surface area contributed by atoms with Crippen molar-refractivity contribution < 1.29 is 0 Å². The molecule has 0 fully saturated rings. The summed E-state index contributed by atoms with van der Waals surface area (Å²) in [6, 6.07) is 13.8. The van der Waals surface area contributed by atoms with Gasteiger partial charge in [-0.1, -0.05) is 36.4 Å². The SMILES string of the molecule is N[C@H](c1ccccc1)c1ccc(Br)nc1. The zero-order chi connectivity index (χ0) is 10.7. The van der Waals surface area contributed by atoms with E-state index in [4.69, 9.17) is 5.73 Å². The van der Waals surface area contributed by atoms with Crippen molar-refractivity contribution in [1.29, 1.82) is 0 Å². The van der Waals surface area contributed by atoms with E-state index < -0.39 is 0 Å². The number of aromatic nitrogens is 1. The Balaban J connectivity index is 2.29. The summed E-state index contributed by atoms with van der Waals surface area (Å²) in [7, 11) is 0. The molecule has 0 unspecified atom stereocenters. The molecule has 0 aliphatic rings. The van der Waals surface area contributed by atoms with Gasteiger partial charge in [0.15, 0.2) is 0 Å². The Labute approximate surface area is 97.3 Å². The first-order valence-electron chi connectivity index (χ1n) is 4.69. The van der Waals surface area contributed by atoms with Crippen molar-refractivity contribution >= 4 is 15.9 Å². The third-order valence-electron chi connectivity index (χ3n) is 2.27. The summed E-state index contributed by atoms with van der Waals surface area (Å²) >= 11 is 3.30. The molecule has 0 spiro atoms. The van der Waals surface area contributed by atoms with Crippen LogP contribution < -0.4 is 5.73 Å². The zero-order valence-corrected chi connectivity index (χ0v) is 9.68. The van der Waals surface area contributed by atoms with E-state index in [0.717, 1.165) is 15.7 Å². The maximum atomic E-state index is 6.11. The molecule has 3 heteroatoms. The smallest absolute Gasteiger partial charge is 0.106 e. The molecule has 0 aliphatic heterocycles. The van der Waals surface area contributed by atoms with Crippen LogP contribution in [0.15, 0.2) is 53.3 Å². The van der Waals surface area contributed by atoms with E-state index >= 15 is 0 Å². The number of rotatable bonds is 2. The fraction of sp³-hybridized carbons (Fsp3) is 0.0833. The molecule has 0 saturated heterocycles. The summed E-state index contributed by atoms with van der Waals surface area (Å²) in [5.41, 5.74) is 8.23. The Morgan fingerprint density at radius 1 is 1.00 bits per heavy atom. The fourth-order valence-electron chi connectivity index (χ4n) is 1.42.